The Morgan fingerprint density at radius 3 is 2.44 bits per heavy atom. The predicted molar refractivity (Wildman–Crippen MR) is 93.8 cm³/mol. The van der Waals surface area contributed by atoms with Gasteiger partial charge in [0.25, 0.3) is 5.56 Å². The van der Waals surface area contributed by atoms with E-state index in [1.807, 2.05) is 0 Å². The fourth-order valence-corrected chi connectivity index (χ4v) is 3.63. The van der Waals surface area contributed by atoms with Crippen LogP contribution in [-0.2, 0) is 27.7 Å². The second kappa shape index (κ2) is 7.37. The van der Waals surface area contributed by atoms with Crippen molar-refractivity contribution in [2.75, 3.05) is 12.9 Å². The molecule has 0 saturated heterocycles. The monoisotopic (exact) mass is 366 g/mol. The van der Waals surface area contributed by atoms with E-state index >= 15 is 0 Å². The molecule has 1 aromatic heterocycles. The van der Waals surface area contributed by atoms with Crippen LogP contribution in [0.15, 0.2) is 28.0 Å². The summed E-state index contributed by atoms with van der Waals surface area (Å²) >= 11 is 0. The summed E-state index contributed by atoms with van der Waals surface area (Å²) in [5, 5.41) is 2.74. The number of aromatic amines is 1. The van der Waals surface area contributed by atoms with Gasteiger partial charge in [-0.05, 0) is 44.0 Å². The Kier molecular flexibility index (Phi) is 5.64. The predicted octanol–water partition coefficient (Wildman–Crippen LogP) is 1.68. The molecule has 0 aliphatic rings. The lowest BCUT2D eigenvalue weighted by molar-refractivity contribution is 0.103. The fraction of sp³-hybridized carbons (Fsp3) is 0.412. The number of hydrogen-bond acceptors (Lipinski definition) is 5. The fourth-order valence-electron chi connectivity index (χ4n) is 2.66. The molecule has 1 N–H and O–H groups in total. The third-order valence-corrected chi connectivity index (χ3v) is 5.23. The van der Waals surface area contributed by atoms with Gasteiger partial charge in [-0.1, -0.05) is 0 Å². The Hall–Kier alpha value is -2.19. The third-order valence-electron chi connectivity index (χ3n) is 4.05. The first kappa shape index (κ1) is 19.1. The minimum atomic E-state index is -3.46. The number of H-pyrrole nitrogens is 1. The highest BCUT2D eigenvalue weighted by Crippen LogP contribution is 2.25. The topological polar surface area (TPSA) is 98.2 Å². The Balaban J connectivity index is 2.60. The molecule has 25 heavy (non-hydrogen) atoms. The van der Waals surface area contributed by atoms with Crippen LogP contribution in [0.1, 0.15) is 40.9 Å². The van der Waals surface area contributed by atoms with Gasteiger partial charge in [0.2, 0.25) is 0 Å². The molecule has 0 radical (unpaired) electrons. The van der Waals surface area contributed by atoms with Crippen molar-refractivity contribution in [1.82, 2.24) is 9.78 Å². The Bertz CT molecular complexity index is 954. The van der Waals surface area contributed by atoms with E-state index in [1.165, 1.54) is 23.0 Å². The van der Waals surface area contributed by atoms with Crippen molar-refractivity contribution in [3.63, 3.8) is 0 Å². The lowest BCUT2D eigenvalue weighted by Crippen LogP contribution is -2.22. The molecule has 0 amide bonds. The molecule has 136 valence electrons. The van der Waals surface area contributed by atoms with E-state index in [2.05, 4.69) is 5.10 Å². The number of ketones is 1. The van der Waals surface area contributed by atoms with Gasteiger partial charge in [0.05, 0.1) is 11.5 Å². The van der Waals surface area contributed by atoms with Crippen molar-refractivity contribution in [2.45, 2.75) is 38.8 Å². The molecule has 2 rings (SSSR count). The summed E-state index contributed by atoms with van der Waals surface area (Å²) in [6, 6.07) is 2.85. The number of rotatable bonds is 7. The number of aryl methyl sites for hydroxylation is 1. The first-order valence-electron chi connectivity index (χ1n) is 7.95. The van der Waals surface area contributed by atoms with Crippen molar-refractivity contribution in [3.05, 3.63) is 50.9 Å². The van der Waals surface area contributed by atoms with Gasteiger partial charge in [-0.15, -0.1) is 0 Å². The Labute approximate surface area is 146 Å². The van der Waals surface area contributed by atoms with E-state index in [1.54, 1.807) is 20.8 Å². The molecule has 7 nitrogen and oxygen atoms in total. The highest BCUT2D eigenvalue weighted by molar-refractivity contribution is 7.90. The molecule has 0 fully saturated rings. The van der Waals surface area contributed by atoms with Gasteiger partial charge in [-0.25, -0.2) is 8.42 Å². The zero-order valence-electron chi connectivity index (χ0n) is 14.8. The van der Waals surface area contributed by atoms with E-state index in [-0.39, 0.29) is 17.1 Å². The SMILES string of the molecule is CCOCc1c(S(C)(=O)=O)ccc(C(=O)c2c[nH]n(CC)c2=O)c1C. The molecule has 0 bridgehead atoms. The zero-order valence-corrected chi connectivity index (χ0v) is 15.6. The van der Waals surface area contributed by atoms with Crippen LogP contribution in [0, 0.1) is 6.92 Å². The molecule has 2 aromatic rings. The number of nitrogens with one attached hydrogen (secondary N) is 1. The number of carbonyl (C=O) groups is 1. The van der Waals surface area contributed by atoms with Crippen LogP contribution in [0.2, 0.25) is 0 Å². The van der Waals surface area contributed by atoms with E-state index in [4.69, 9.17) is 4.74 Å². The number of ether oxygens (including phenoxy) is 1. The third kappa shape index (κ3) is 3.74. The van der Waals surface area contributed by atoms with Gasteiger partial charge in [0.1, 0.15) is 5.56 Å². The van der Waals surface area contributed by atoms with Crippen LogP contribution >= 0.6 is 0 Å². The first-order chi connectivity index (χ1) is 11.7. The summed E-state index contributed by atoms with van der Waals surface area (Å²) in [5.41, 5.74) is 0.873. The van der Waals surface area contributed by atoms with Crippen LogP contribution in [-0.4, -0.2) is 36.8 Å². The van der Waals surface area contributed by atoms with Crippen molar-refractivity contribution in [1.29, 1.82) is 0 Å². The standard InChI is InChI=1S/C17H22N2O5S/c1-5-19-17(21)13(9-18-19)16(20)12-7-8-15(25(4,22)23)14(11(12)3)10-24-6-2/h7-9,18H,5-6,10H2,1-4H3. The number of sulfone groups is 1. The van der Waals surface area contributed by atoms with Crippen LogP contribution in [0.5, 0.6) is 0 Å². The van der Waals surface area contributed by atoms with Crippen molar-refractivity contribution < 1.29 is 17.9 Å². The molecule has 1 heterocycles. The van der Waals surface area contributed by atoms with E-state index in [0.29, 0.717) is 29.8 Å². The molecule has 0 saturated carbocycles. The zero-order chi connectivity index (χ0) is 18.8. The molecule has 1 aromatic carbocycles. The molecule has 8 heteroatoms. The Morgan fingerprint density at radius 1 is 1.24 bits per heavy atom. The average Bonchev–Trinajstić information content (AvgIpc) is 2.92. The van der Waals surface area contributed by atoms with Crippen LogP contribution in [0.25, 0.3) is 0 Å². The van der Waals surface area contributed by atoms with Gasteiger partial charge in [-0.2, -0.15) is 0 Å². The van der Waals surface area contributed by atoms with E-state index in [0.717, 1.165) is 6.26 Å². The number of hydrogen-bond donors (Lipinski definition) is 1. The van der Waals surface area contributed by atoms with Crippen molar-refractivity contribution in [3.8, 4) is 0 Å². The minimum absolute atomic E-state index is 0.0272. The van der Waals surface area contributed by atoms with Gasteiger partial charge < -0.3 is 9.84 Å². The molecule has 0 aliphatic carbocycles. The second-order valence-corrected chi connectivity index (χ2v) is 7.67. The molecule has 0 atom stereocenters. The summed E-state index contributed by atoms with van der Waals surface area (Å²) in [6.07, 6.45) is 2.49. The lowest BCUT2D eigenvalue weighted by Gasteiger charge is -2.14. The smallest absolute Gasteiger partial charge is 0.277 e. The van der Waals surface area contributed by atoms with Crippen LogP contribution < -0.4 is 5.56 Å². The quantitative estimate of drug-likeness (QED) is 0.752. The second-order valence-electron chi connectivity index (χ2n) is 5.69. The highest BCUT2D eigenvalue weighted by Gasteiger charge is 2.23. The van der Waals surface area contributed by atoms with Crippen molar-refractivity contribution in [2.24, 2.45) is 0 Å². The minimum Gasteiger partial charge on any atom is -0.377 e. The first-order valence-corrected chi connectivity index (χ1v) is 9.84. The maximum atomic E-state index is 12.8. The molecular formula is C17H22N2O5S. The van der Waals surface area contributed by atoms with Gasteiger partial charge in [-0.3, -0.25) is 14.3 Å². The normalized spacial score (nSPS) is 11.7. The molecular weight excluding hydrogens is 344 g/mol. The van der Waals surface area contributed by atoms with Crippen LogP contribution in [0.3, 0.4) is 0 Å². The maximum Gasteiger partial charge on any atom is 0.277 e. The summed E-state index contributed by atoms with van der Waals surface area (Å²) in [6.45, 7) is 6.18. The maximum absolute atomic E-state index is 12.8. The molecule has 0 aliphatic heterocycles. The average molecular weight is 366 g/mol. The van der Waals surface area contributed by atoms with Gasteiger partial charge in [0.15, 0.2) is 15.6 Å². The van der Waals surface area contributed by atoms with E-state index in [9.17, 15) is 18.0 Å². The van der Waals surface area contributed by atoms with Crippen LogP contribution in [0.4, 0.5) is 0 Å². The lowest BCUT2D eigenvalue weighted by atomic mass is 9.97. The van der Waals surface area contributed by atoms with E-state index < -0.39 is 21.2 Å². The summed E-state index contributed by atoms with van der Waals surface area (Å²) in [5.74, 6) is -0.441. The van der Waals surface area contributed by atoms with Gasteiger partial charge in [0, 0.05) is 31.2 Å². The van der Waals surface area contributed by atoms with Crippen molar-refractivity contribution >= 4 is 15.6 Å². The number of benzene rings is 1. The number of carbonyl (C=O) groups excluding carboxylic acids is 1. The molecule has 0 spiro atoms. The number of aromatic nitrogens is 2. The van der Waals surface area contributed by atoms with Gasteiger partial charge >= 0.3 is 0 Å². The highest BCUT2D eigenvalue weighted by atomic mass is 32.2. The Morgan fingerprint density at radius 2 is 1.92 bits per heavy atom. The summed E-state index contributed by atoms with van der Waals surface area (Å²) < 4.78 is 30.7. The summed E-state index contributed by atoms with van der Waals surface area (Å²) in [4.78, 5) is 25.1. The summed E-state index contributed by atoms with van der Waals surface area (Å²) in [7, 11) is -3.46. The molecule has 0 unspecified atom stereocenters. The largest absolute Gasteiger partial charge is 0.377 e. The number of nitrogens with zero attached hydrogens (tertiary/aromatic N) is 1.